The van der Waals surface area contributed by atoms with Crippen molar-refractivity contribution >= 4 is 34.9 Å². The van der Waals surface area contributed by atoms with Crippen LogP contribution in [0.5, 0.6) is 0 Å². The van der Waals surface area contributed by atoms with Crippen LogP contribution < -0.4 is 5.32 Å². The molecule has 1 saturated heterocycles. The van der Waals surface area contributed by atoms with Gasteiger partial charge in [0.1, 0.15) is 0 Å². The third kappa shape index (κ3) is 3.12. The van der Waals surface area contributed by atoms with Crippen molar-refractivity contribution in [1.29, 1.82) is 0 Å². The normalized spacial score (nSPS) is 19.6. The molecule has 0 radical (unpaired) electrons. The summed E-state index contributed by atoms with van der Waals surface area (Å²) >= 11 is 0.880. The summed E-state index contributed by atoms with van der Waals surface area (Å²) in [7, 11) is 0. The van der Waals surface area contributed by atoms with E-state index in [0.29, 0.717) is 17.0 Å². The van der Waals surface area contributed by atoms with Crippen molar-refractivity contribution in [1.82, 2.24) is 10.2 Å². The first-order valence-corrected chi connectivity index (χ1v) is 7.74. The van der Waals surface area contributed by atoms with Crippen molar-refractivity contribution in [3.63, 3.8) is 0 Å². The average Bonchev–Trinajstić information content (AvgIpc) is 2.86. The molecule has 1 aromatic carbocycles. The second-order valence-corrected chi connectivity index (χ2v) is 6.00. The van der Waals surface area contributed by atoms with E-state index in [2.05, 4.69) is 11.4 Å². The molecule has 5 nitrogen and oxygen atoms in total. The van der Waals surface area contributed by atoms with Gasteiger partial charge >= 0.3 is 0 Å². The molecule has 112 valence electrons. The molecular formula is C16H14N2O3S. The van der Waals surface area contributed by atoms with Crippen LogP contribution >= 0.6 is 11.8 Å². The van der Waals surface area contributed by atoms with E-state index >= 15 is 0 Å². The Balaban J connectivity index is 1.74. The van der Waals surface area contributed by atoms with E-state index in [-0.39, 0.29) is 17.1 Å². The largest absolute Gasteiger partial charge is 0.335 e. The molecule has 1 fully saturated rings. The van der Waals surface area contributed by atoms with Gasteiger partial charge in [-0.15, -0.1) is 0 Å². The highest BCUT2D eigenvalue weighted by Gasteiger charge is 2.25. The Bertz CT molecular complexity index is 692. The second-order valence-electron chi connectivity index (χ2n) is 4.99. The summed E-state index contributed by atoms with van der Waals surface area (Å²) in [5, 5.41) is 1.85. The topological polar surface area (TPSA) is 66.5 Å². The van der Waals surface area contributed by atoms with Crippen LogP contribution in [0, 0.1) is 0 Å². The van der Waals surface area contributed by atoms with Crippen molar-refractivity contribution in [2.45, 2.75) is 6.42 Å². The van der Waals surface area contributed by atoms with Gasteiger partial charge in [0.2, 0.25) is 0 Å². The van der Waals surface area contributed by atoms with Crippen LogP contribution in [-0.2, 0) is 4.79 Å². The lowest BCUT2D eigenvalue weighted by Gasteiger charge is -2.23. The predicted molar refractivity (Wildman–Crippen MR) is 85.2 cm³/mol. The number of benzene rings is 1. The van der Waals surface area contributed by atoms with E-state index in [1.807, 2.05) is 6.08 Å². The van der Waals surface area contributed by atoms with Crippen LogP contribution in [0.15, 0.2) is 41.3 Å². The molecule has 1 N–H and O–H groups in total. The third-order valence-corrected chi connectivity index (χ3v) is 4.25. The summed E-state index contributed by atoms with van der Waals surface area (Å²) in [5.41, 5.74) is 1.40. The monoisotopic (exact) mass is 314 g/mol. The Hall–Kier alpha value is -2.34. The Kier molecular flexibility index (Phi) is 4.11. The molecule has 3 rings (SSSR count). The van der Waals surface area contributed by atoms with Gasteiger partial charge < -0.3 is 4.90 Å². The van der Waals surface area contributed by atoms with Crippen LogP contribution in [0.4, 0.5) is 4.79 Å². The summed E-state index contributed by atoms with van der Waals surface area (Å²) in [6, 6.07) is 7.03. The number of carbonyl (C=O) groups is 3. The van der Waals surface area contributed by atoms with Gasteiger partial charge in [0.05, 0.1) is 4.91 Å². The van der Waals surface area contributed by atoms with Crippen molar-refractivity contribution in [3.8, 4) is 0 Å². The molecule has 2 aliphatic heterocycles. The van der Waals surface area contributed by atoms with E-state index in [4.69, 9.17) is 0 Å². The summed E-state index contributed by atoms with van der Waals surface area (Å²) in [6.45, 7) is 1.38. The van der Waals surface area contributed by atoms with Gasteiger partial charge in [0, 0.05) is 18.7 Å². The quantitative estimate of drug-likeness (QED) is 0.672. The van der Waals surface area contributed by atoms with Gasteiger partial charge in [-0.3, -0.25) is 19.7 Å². The van der Waals surface area contributed by atoms with Crippen molar-refractivity contribution in [2.75, 3.05) is 13.1 Å². The second kappa shape index (κ2) is 6.19. The number of amides is 3. The lowest BCUT2D eigenvalue weighted by Crippen LogP contribution is -2.33. The van der Waals surface area contributed by atoms with E-state index in [0.717, 1.165) is 30.3 Å². The van der Waals surface area contributed by atoms with E-state index < -0.39 is 0 Å². The van der Waals surface area contributed by atoms with E-state index in [9.17, 15) is 14.4 Å². The third-order valence-electron chi connectivity index (χ3n) is 3.44. The van der Waals surface area contributed by atoms with Gasteiger partial charge in [-0.1, -0.05) is 24.3 Å². The number of imide groups is 1. The molecule has 0 spiro atoms. The number of rotatable bonds is 2. The lowest BCUT2D eigenvalue weighted by molar-refractivity contribution is -0.115. The molecule has 3 amide bonds. The van der Waals surface area contributed by atoms with Gasteiger partial charge in [0.25, 0.3) is 17.1 Å². The molecule has 2 heterocycles. The standard InChI is InChI=1S/C16H14N2O3S/c19-14-13(22-16(21)17-14)10-11-4-6-12(7-5-11)15(20)18-8-2-1-3-9-18/h1-2,4-7,10H,3,8-9H2,(H,17,19,21)/b13-10+. The summed E-state index contributed by atoms with van der Waals surface area (Å²) < 4.78 is 0. The summed E-state index contributed by atoms with van der Waals surface area (Å²) in [4.78, 5) is 37.1. The molecule has 6 heteroatoms. The zero-order valence-electron chi connectivity index (χ0n) is 11.7. The molecule has 0 aromatic heterocycles. The maximum atomic E-state index is 12.3. The molecule has 1 aromatic rings. The summed E-state index contributed by atoms with van der Waals surface area (Å²) in [6.07, 6.45) is 6.59. The molecule has 0 unspecified atom stereocenters. The Morgan fingerprint density at radius 1 is 1.18 bits per heavy atom. The molecule has 0 bridgehead atoms. The fourth-order valence-electron chi connectivity index (χ4n) is 2.30. The molecular weight excluding hydrogens is 300 g/mol. The van der Waals surface area contributed by atoms with Crippen LogP contribution in [-0.4, -0.2) is 35.0 Å². The van der Waals surface area contributed by atoms with E-state index in [1.54, 1.807) is 35.2 Å². The maximum Gasteiger partial charge on any atom is 0.290 e. The van der Waals surface area contributed by atoms with Gasteiger partial charge in [-0.25, -0.2) is 0 Å². The Labute approximate surface area is 132 Å². The Morgan fingerprint density at radius 3 is 2.55 bits per heavy atom. The first-order chi connectivity index (χ1) is 10.6. The smallest absolute Gasteiger partial charge is 0.290 e. The van der Waals surface area contributed by atoms with Gasteiger partial charge in [0.15, 0.2) is 0 Å². The zero-order valence-corrected chi connectivity index (χ0v) is 12.6. The fraction of sp³-hybridized carbons (Fsp3) is 0.188. The minimum atomic E-state index is -0.379. The van der Waals surface area contributed by atoms with Crippen molar-refractivity contribution < 1.29 is 14.4 Å². The minimum Gasteiger partial charge on any atom is -0.335 e. The first-order valence-electron chi connectivity index (χ1n) is 6.93. The fourth-order valence-corrected chi connectivity index (χ4v) is 2.98. The molecule has 22 heavy (non-hydrogen) atoms. The number of nitrogens with one attached hydrogen (secondary N) is 1. The van der Waals surface area contributed by atoms with Crippen LogP contribution in [0.3, 0.4) is 0 Å². The van der Waals surface area contributed by atoms with Crippen molar-refractivity contribution in [3.05, 3.63) is 52.4 Å². The molecule has 0 aliphatic carbocycles. The van der Waals surface area contributed by atoms with E-state index in [1.165, 1.54) is 0 Å². The molecule has 2 aliphatic rings. The lowest BCUT2D eigenvalue weighted by atomic mass is 10.1. The Morgan fingerprint density at radius 2 is 1.95 bits per heavy atom. The van der Waals surface area contributed by atoms with Crippen LogP contribution in [0.1, 0.15) is 22.3 Å². The van der Waals surface area contributed by atoms with Crippen molar-refractivity contribution in [2.24, 2.45) is 0 Å². The number of nitrogens with zero attached hydrogens (tertiary/aromatic N) is 1. The minimum absolute atomic E-state index is 0.00622. The number of thioether (sulfide) groups is 1. The maximum absolute atomic E-state index is 12.3. The first kappa shape index (κ1) is 14.6. The SMILES string of the molecule is O=C1NC(=O)/C(=C\c2ccc(C(=O)N3CC=CCC3)cc2)S1. The highest BCUT2D eigenvalue weighted by atomic mass is 32.2. The summed E-state index contributed by atoms with van der Waals surface area (Å²) in [5.74, 6) is -0.373. The number of carbonyl (C=O) groups excluding carboxylic acids is 3. The highest BCUT2D eigenvalue weighted by molar-refractivity contribution is 8.18. The van der Waals surface area contributed by atoms with Crippen LogP contribution in [0.25, 0.3) is 6.08 Å². The molecule has 0 atom stereocenters. The predicted octanol–water partition coefficient (Wildman–Crippen LogP) is 2.41. The van der Waals surface area contributed by atoms with Crippen LogP contribution in [0.2, 0.25) is 0 Å². The van der Waals surface area contributed by atoms with Gasteiger partial charge in [-0.05, 0) is 42.0 Å². The highest BCUT2D eigenvalue weighted by Crippen LogP contribution is 2.25. The van der Waals surface area contributed by atoms with Gasteiger partial charge in [-0.2, -0.15) is 0 Å². The number of hydrogen-bond acceptors (Lipinski definition) is 4. The zero-order chi connectivity index (χ0) is 15.5. The number of hydrogen-bond donors (Lipinski definition) is 1. The molecule has 0 saturated carbocycles. The average molecular weight is 314 g/mol.